The Labute approximate surface area is 98.5 Å². The second kappa shape index (κ2) is 4.91. The van der Waals surface area contributed by atoms with Gasteiger partial charge in [0.1, 0.15) is 5.82 Å². The molecule has 16 heavy (non-hydrogen) atoms. The first kappa shape index (κ1) is 13.1. The zero-order chi connectivity index (χ0) is 12.3. The summed E-state index contributed by atoms with van der Waals surface area (Å²) in [6.07, 6.45) is 1.77. The quantitative estimate of drug-likeness (QED) is 0.850. The second-order valence-corrected chi connectivity index (χ2v) is 4.89. The molecule has 1 unspecified atom stereocenters. The Morgan fingerprint density at radius 3 is 2.38 bits per heavy atom. The molecule has 1 atom stereocenters. The minimum absolute atomic E-state index is 0.416. The van der Waals surface area contributed by atoms with Crippen molar-refractivity contribution in [2.75, 3.05) is 0 Å². The molecule has 0 aliphatic rings. The van der Waals surface area contributed by atoms with Crippen LogP contribution in [-0.2, 0) is 12.0 Å². The van der Waals surface area contributed by atoms with Crippen LogP contribution in [0.25, 0.3) is 0 Å². The minimum Gasteiger partial charge on any atom is -0.319 e. The molecule has 3 heteroatoms. The fourth-order valence-electron chi connectivity index (χ4n) is 1.41. The van der Waals surface area contributed by atoms with Gasteiger partial charge in [0.15, 0.2) is 0 Å². The molecule has 1 heterocycles. The van der Waals surface area contributed by atoms with E-state index in [-0.39, 0.29) is 0 Å². The highest BCUT2D eigenvalue weighted by atomic mass is 15.0. The molecule has 0 aromatic carbocycles. The number of hydrogen-bond donors (Lipinski definition) is 1. The molecule has 90 valence electrons. The predicted octanol–water partition coefficient (Wildman–Crippen LogP) is 2.75. The normalized spacial score (nSPS) is 15.2. The monoisotopic (exact) mass is 221 g/mol. The van der Waals surface area contributed by atoms with Gasteiger partial charge in [0.25, 0.3) is 0 Å². The lowest BCUT2D eigenvalue weighted by molar-refractivity contribution is 0.440. The maximum atomic E-state index is 6.20. The molecule has 0 saturated heterocycles. The van der Waals surface area contributed by atoms with Crippen molar-refractivity contribution in [2.24, 2.45) is 5.73 Å². The predicted molar refractivity (Wildman–Crippen MR) is 67.3 cm³/mol. The molecule has 0 aliphatic heterocycles. The SMILES string of the molecule is CCc1cc(C(C)C)nc(C(C)(N)CC)n1. The molecule has 2 N–H and O–H groups in total. The smallest absolute Gasteiger partial charge is 0.148 e. The van der Waals surface area contributed by atoms with Crippen LogP contribution < -0.4 is 5.73 Å². The van der Waals surface area contributed by atoms with E-state index in [1.54, 1.807) is 0 Å². The van der Waals surface area contributed by atoms with Gasteiger partial charge in [0.05, 0.1) is 5.54 Å². The Kier molecular flexibility index (Phi) is 4.03. The molecular formula is C13H23N3. The van der Waals surface area contributed by atoms with Crippen LogP contribution in [0.15, 0.2) is 6.07 Å². The van der Waals surface area contributed by atoms with E-state index in [0.29, 0.717) is 5.92 Å². The van der Waals surface area contributed by atoms with Crippen LogP contribution in [-0.4, -0.2) is 9.97 Å². The van der Waals surface area contributed by atoms with Crippen molar-refractivity contribution < 1.29 is 0 Å². The molecule has 0 bridgehead atoms. The van der Waals surface area contributed by atoms with Crippen LogP contribution in [0, 0.1) is 0 Å². The van der Waals surface area contributed by atoms with Crippen molar-refractivity contribution in [2.45, 2.75) is 58.9 Å². The third-order valence-electron chi connectivity index (χ3n) is 3.00. The Morgan fingerprint density at radius 1 is 1.31 bits per heavy atom. The van der Waals surface area contributed by atoms with Gasteiger partial charge in [-0.2, -0.15) is 0 Å². The molecule has 0 saturated carbocycles. The van der Waals surface area contributed by atoms with E-state index in [9.17, 15) is 0 Å². The number of rotatable bonds is 4. The van der Waals surface area contributed by atoms with Gasteiger partial charge in [0.2, 0.25) is 0 Å². The van der Waals surface area contributed by atoms with Gasteiger partial charge in [-0.15, -0.1) is 0 Å². The molecule has 1 aromatic heterocycles. The highest BCUT2D eigenvalue weighted by molar-refractivity contribution is 5.17. The highest BCUT2D eigenvalue weighted by Crippen LogP contribution is 2.21. The fraction of sp³-hybridized carbons (Fsp3) is 0.692. The van der Waals surface area contributed by atoms with Crippen molar-refractivity contribution in [3.8, 4) is 0 Å². The van der Waals surface area contributed by atoms with E-state index in [1.165, 1.54) is 0 Å². The summed E-state index contributed by atoms with van der Waals surface area (Å²) in [4.78, 5) is 9.13. The first-order chi connectivity index (χ1) is 7.40. The summed E-state index contributed by atoms with van der Waals surface area (Å²) in [7, 11) is 0. The fourth-order valence-corrected chi connectivity index (χ4v) is 1.41. The van der Waals surface area contributed by atoms with Crippen LogP contribution in [0.4, 0.5) is 0 Å². The summed E-state index contributed by atoms with van der Waals surface area (Å²) >= 11 is 0. The summed E-state index contributed by atoms with van der Waals surface area (Å²) in [5.41, 5.74) is 7.96. The van der Waals surface area contributed by atoms with Crippen molar-refractivity contribution >= 4 is 0 Å². The average Bonchev–Trinajstić information content (AvgIpc) is 2.28. The Hall–Kier alpha value is -0.960. The number of hydrogen-bond acceptors (Lipinski definition) is 3. The standard InChI is InChI=1S/C13H23N3/c1-6-10-8-11(9(3)4)16-12(15-10)13(5,14)7-2/h8-9H,6-7,14H2,1-5H3. The van der Waals surface area contributed by atoms with Gasteiger partial charge in [-0.05, 0) is 31.7 Å². The number of nitrogens with zero attached hydrogens (tertiary/aromatic N) is 2. The van der Waals surface area contributed by atoms with Gasteiger partial charge in [-0.1, -0.05) is 27.7 Å². The molecular weight excluding hydrogens is 198 g/mol. The highest BCUT2D eigenvalue weighted by Gasteiger charge is 2.23. The third-order valence-corrected chi connectivity index (χ3v) is 3.00. The summed E-state index contributed by atoms with van der Waals surface area (Å²) in [6.45, 7) is 10.5. The van der Waals surface area contributed by atoms with Gasteiger partial charge in [0, 0.05) is 11.4 Å². The van der Waals surface area contributed by atoms with Crippen molar-refractivity contribution in [1.29, 1.82) is 0 Å². The van der Waals surface area contributed by atoms with E-state index in [2.05, 4.69) is 43.7 Å². The molecule has 1 aromatic rings. The average molecular weight is 221 g/mol. The molecule has 1 rings (SSSR count). The van der Waals surface area contributed by atoms with Crippen LogP contribution in [0.3, 0.4) is 0 Å². The summed E-state index contributed by atoms with van der Waals surface area (Å²) < 4.78 is 0. The largest absolute Gasteiger partial charge is 0.319 e. The zero-order valence-electron chi connectivity index (χ0n) is 11.0. The van der Waals surface area contributed by atoms with Gasteiger partial charge < -0.3 is 5.73 Å². The van der Waals surface area contributed by atoms with Crippen LogP contribution in [0.5, 0.6) is 0 Å². The summed E-state index contributed by atoms with van der Waals surface area (Å²) in [6, 6.07) is 2.08. The lowest BCUT2D eigenvalue weighted by Gasteiger charge is -2.22. The molecule has 0 amide bonds. The number of aryl methyl sites for hydroxylation is 1. The minimum atomic E-state index is -0.422. The van der Waals surface area contributed by atoms with E-state index in [1.807, 2.05) is 6.92 Å². The van der Waals surface area contributed by atoms with Crippen LogP contribution >= 0.6 is 0 Å². The van der Waals surface area contributed by atoms with E-state index in [0.717, 1.165) is 30.1 Å². The Morgan fingerprint density at radius 2 is 1.94 bits per heavy atom. The second-order valence-electron chi connectivity index (χ2n) is 4.89. The van der Waals surface area contributed by atoms with Gasteiger partial charge in [-0.3, -0.25) is 0 Å². The first-order valence-electron chi connectivity index (χ1n) is 6.08. The molecule has 3 nitrogen and oxygen atoms in total. The Balaban J connectivity index is 3.24. The summed E-state index contributed by atoms with van der Waals surface area (Å²) in [5, 5.41) is 0. The number of nitrogens with two attached hydrogens (primary N) is 1. The van der Waals surface area contributed by atoms with E-state index in [4.69, 9.17) is 5.73 Å². The zero-order valence-corrected chi connectivity index (χ0v) is 11.0. The molecule has 0 aliphatic carbocycles. The maximum Gasteiger partial charge on any atom is 0.148 e. The van der Waals surface area contributed by atoms with Crippen LogP contribution in [0.2, 0.25) is 0 Å². The van der Waals surface area contributed by atoms with Crippen molar-refractivity contribution in [1.82, 2.24) is 9.97 Å². The van der Waals surface area contributed by atoms with Gasteiger partial charge in [-0.25, -0.2) is 9.97 Å². The topological polar surface area (TPSA) is 51.8 Å². The maximum absolute atomic E-state index is 6.20. The van der Waals surface area contributed by atoms with Gasteiger partial charge >= 0.3 is 0 Å². The van der Waals surface area contributed by atoms with E-state index >= 15 is 0 Å². The third kappa shape index (κ3) is 2.79. The van der Waals surface area contributed by atoms with E-state index < -0.39 is 5.54 Å². The molecule has 0 spiro atoms. The summed E-state index contributed by atoms with van der Waals surface area (Å²) in [5.74, 6) is 1.19. The van der Waals surface area contributed by atoms with Crippen LogP contribution in [0.1, 0.15) is 64.2 Å². The van der Waals surface area contributed by atoms with Crippen molar-refractivity contribution in [3.05, 3.63) is 23.3 Å². The first-order valence-corrected chi connectivity index (χ1v) is 6.08. The molecule has 0 fully saturated rings. The Bertz CT molecular complexity index is 356. The lowest BCUT2D eigenvalue weighted by Crippen LogP contribution is -2.35. The number of aromatic nitrogens is 2. The lowest BCUT2D eigenvalue weighted by atomic mass is 9.98. The van der Waals surface area contributed by atoms with Crippen molar-refractivity contribution in [3.63, 3.8) is 0 Å². The molecule has 0 radical (unpaired) electrons.